The Morgan fingerprint density at radius 3 is 2.62 bits per heavy atom. The van der Waals surface area contributed by atoms with Gasteiger partial charge in [0.2, 0.25) is 10.0 Å². The zero-order valence-corrected chi connectivity index (χ0v) is 13.3. The van der Waals surface area contributed by atoms with Crippen LogP contribution < -0.4 is 0 Å². The van der Waals surface area contributed by atoms with Crippen LogP contribution in [0.2, 0.25) is 0 Å². The van der Waals surface area contributed by atoms with Crippen LogP contribution >= 0.6 is 0 Å². The maximum Gasteiger partial charge on any atom is 0.248 e. The number of piperidine rings is 1. The summed E-state index contributed by atoms with van der Waals surface area (Å²) in [6.45, 7) is 4.17. The lowest BCUT2D eigenvalue weighted by Gasteiger charge is -2.41. The van der Waals surface area contributed by atoms with Crippen LogP contribution in [0.3, 0.4) is 0 Å². The SMILES string of the molecule is Cc1noc(C)c1S(=O)(=O)N1CCC[C@@]2(CCC[C@H]2O)C1. The number of hydrogen-bond acceptors (Lipinski definition) is 5. The van der Waals surface area contributed by atoms with E-state index in [-0.39, 0.29) is 16.4 Å². The molecule has 1 spiro atoms. The van der Waals surface area contributed by atoms with Crippen LogP contribution in [0.15, 0.2) is 9.42 Å². The van der Waals surface area contributed by atoms with Crippen LogP contribution in [0.4, 0.5) is 0 Å². The molecule has 2 aliphatic rings. The van der Waals surface area contributed by atoms with E-state index in [1.165, 1.54) is 4.31 Å². The molecule has 0 bridgehead atoms. The van der Waals surface area contributed by atoms with Gasteiger partial charge in [-0.3, -0.25) is 0 Å². The molecule has 1 N–H and O–H groups in total. The summed E-state index contributed by atoms with van der Waals surface area (Å²) in [5, 5.41) is 14.0. The van der Waals surface area contributed by atoms with Crippen molar-refractivity contribution in [3.63, 3.8) is 0 Å². The average molecular weight is 314 g/mol. The molecule has 1 aromatic heterocycles. The highest BCUT2D eigenvalue weighted by atomic mass is 32.2. The molecular weight excluding hydrogens is 292 g/mol. The number of aliphatic hydroxyl groups excluding tert-OH is 1. The van der Waals surface area contributed by atoms with Crippen molar-refractivity contribution in [2.75, 3.05) is 13.1 Å². The van der Waals surface area contributed by atoms with E-state index in [1.807, 2.05) is 0 Å². The van der Waals surface area contributed by atoms with Gasteiger partial charge in [0, 0.05) is 18.5 Å². The van der Waals surface area contributed by atoms with Gasteiger partial charge in [-0.05, 0) is 39.5 Å². The van der Waals surface area contributed by atoms with Crippen molar-refractivity contribution in [2.45, 2.75) is 57.0 Å². The first kappa shape index (κ1) is 15.0. The molecule has 0 aromatic carbocycles. The van der Waals surface area contributed by atoms with Crippen molar-refractivity contribution >= 4 is 10.0 Å². The third-order valence-corrected chi connectivity index (χ3v) is 7.09. The van der Waals surface area contributed by atoms with Crippen molar-refractivity contribution in [3.05, 3.63) is 11.5 Å². The molecule has 2 fully saturated rings. The summed E-state index contributed by atoms with van der Waals surface area (Å²) in [6.07, 6.45) is 3.96. The van der Waals surface area contributed by atoms with E-state index in [2.05, 4.69) is 5.16 Å². The van der Waals surface area contributed by atoms with Crippen LogP contribution in [0, 0.1) is 19.3 Å². The maximum absolute atomic E-state index is 12.9. The van der Waals surface area contributed by atoms with Gasteiger partial charge in [0.1, 0.15) is 10.6 Å². The van der Waals surface area contributed by atoms with Gasteiger partial charge in [-0.2, -0.15) is 4.31 Å². The van der Waals surface area contributed by atoms with Gasteiger partial charge in [-0.15, -0.1) is 0 Å². The fraction of sp³-hybridized carbons (Fsp3) is 0.786. The first-order valence-electron chi connectivity index (χ1n) is 7.48. The third kappa shape index (κ3) is 2.31. The molecule has 6 nitrogen and oxygen atoms in total. The molecule has 2 heterocycles. The Hall–Kier alpha value is -0.920. The van der Waals surface area contributed by atoms with Gasteiger partial charge in [0.05, 0.1) is 6.10 Å². The summed E-state index contributed by atoms with van der Waals surface area (Å²) in [6, 6.07) is 0. The molecular formula is C14H22N2O4S. The van der Waals surface area contributed by atoms with E-state index >= 15 is 0 Å². The maximum atomic E-state index is 12.9. The smallest absolute Gasteiger partial charge is 0.248 e. The van der Waals surface area contributed by atoms with E-state index in [0.29, 0.717) is 24.5 Å². The van der Waals surface area contributed by atoms with Crippen molar-refractivity contribution in [2.24, 2.45) is 5.41 Å². The topological polar surface area (TPSA) is 83.6 Å². The minimum absolute atomic E-state index is 0.187. The number of aliphatic hydroxyl groups is 1. The summed E-state index contributed by atoms with van der Waals surface area (Å²) in [5.41, 5.74) is 0.142. The second-order valence-electron chi connectivity index (χ2n) is 6.37. The van der Waals surface area contributed by atoms with E-state index < -0.39 is 10.0 Å². The fourth-order valence-electron chi connectivity index (χ4n) is 3.89. The lowest BCUT2D eigenvalue weighted by atomic mass is 9.77. The Bertz CT molecular complexity index is 620. The zero-order chi connectivity index (χ0) is 15.3. The molecule has 1 aliphatic heterocycles. The largest absolute Gasteiger partial charge is 0.392 e. The minimum Gasteiger partial charge on any atom is -0.392 e. The Balaban J connectivity index is 1.93. The van der Waals surface area contributed by atoms with Crippen LogP contribution in [0.1, 0.15) is 43.6 Å². The normalized spacial score (nSPS) is 31.1. The Morgan fingerprint density at radius 2 is 2.05 bits per heavy atom. The second kappa shape index (κ2) is 5.07. The lowest BCUT2D eigenvalue weighted by molar-refractivity contribution is 0.0127. The van der Waals surface area contributed by atoms with E-state index in [1.54, 1.807) is 13.8 Å². The van der Waals surface area contributed by atoms with Gasteiger partial charge < -0.3 is 9.63 Å². The monoisotopic (exact) mass is 314 g/mol. The molecule has 3 rings (SSSR count). The molecule has 1 saturated heterocycles. The minimum atomic E-state index is -3.60. The van der Waals surface area contributed by atoms with Crippen LogP contribution in [-0.4, -0.2) is 42.2 Å². The number of aromatic nitrogens is 1. The van der Waals surface area contributed by atoms with Crippen molar-refractivity contribution in [1.82, 2.24) is 9.46 Å². The summed E-state index contributed by atoms with van der Waals surface area (Å²) < 4.78 is 32.3. The molecule has 1 aliphatic carbocycles. The van der Waals surface area contributed by atoms with Crippen molar-refractivity contribution in [1.29, 1.82) is 0 Å². The highest BCUT2D eigenvalue weighted by Gasteiger charge is 2.47. The summed E-state index contributed by atoms with van der Waals surface area (Å²) in [7, 11) is -3.60. The Labute approximate surface area is 125 Å². The van der Waals surface area contributed by atoms with Gasteiger partial charge in [-0.25, -0.2) is 8.42 Å². The van der Waals surface area contributed by atoms with Gasteiger partial charge in [-0.1, -0.05) is 11.6 Å². The summed E-state index contributed by atoms with van der Waals surface area (Å²) >= 11 is 0. The molecule has 118 valence electrons. The molecule has 0 unspecified atom stereocenters. The summed E-state index contributed by atoms with van der Waals surface area (Å²) in [4.78, 5) is 0.187. The highest BCUT2D eigenvalue weighted by molar-refractivity contribution is 7.89. The highest BCUT2D eigenvalue weighted by Crippen LogP contribution is 2.46. The standard InChI is InChI=1S/C14H22N2O4S/c1-10-13(11(2)20-15-10)21(18,19)16-8-4-7-14(9-16)6-3-5-12(14)17/h12,17H,3-9H2,1-2H3/t12-,14+/m1/s1. The summed E-state index contributed by atoms with van der Waals surface area (Å²) in [5.74, 6) is 0.332. The molecule has 0 radical (unpaired) electrons. The Morgan fingerprint density at radius 1 is 1.33 bits per heavy atom. The average Bonchev–Trinajstić information content (AvgIpc) is 2.94. The molecule has 1 aromatic rings. The van der Waals surface area contributed by atoms with Gasteiger partial charge in [0.25, 0.3) is 0 Å². The lowest BCUT2D eigenvalue weighted by Crippen LogP contribution is -2.49. The number of hydrogen-bond donors (Lipinski definition) is 1. The molecule has 7 heteroatoms. The first-order chi connectivity index (χ1) is 9.87. The number of sulfonamides is 1. The van der Waals surface area contributed by atoms with Gasteiger partial charge >= 0.3 is 0 Å². The Kier molecular flexibility index (Phi) is 3.62. The number of rotatable bonds is 2. The second-order valence-corrected chi connectivity index (χ2v) is 8.24. The zero-order valence-electron chi connectivity index (χ0n) is 12.5. The van der Waals surface area contributed by atoms with Crippen LogP contribution in [-0.2, 0) is 10.0 Å². The first-order valence-corrected chi connectivity index (χ1v) is 8.92. The predicted octanol–water partition coefficient (Wildman–Crippen LogP) is 1.61. The van der Waals surface area contributed by atoms with Gasteiger partial charge in [0.15, 0.2) is 5.76 Å². The number of nitrogens with zero attached hydrogens (tertiary/aromatic N) is 2. The molecule has 0 amide bonds. The van der Waals surface area contributed by atoms with E-state index in [0.717, 1.165) is 32.1 Å². The van der Waals surface area contributed by atoms with E-state index in [4.69, 9.17) is 4.52 Å². The molecule has 2 atom stereocenters. The quantitative estimate of drug-likeness (QED) is 0.896. The van der Waals surface area contributed by atoms with Crippen LogP contribution in [0.5, 0.6) is 0 Å². The van der Waals surface area contributed by atoms with Crippen LogP contribution in [0.25, 0.3) is 0 Å². The third-order valence-electron chi connectivity index (χ3n) is 5.00. The fourth-order valence-corrected chi connectivity index (χ4v) is 5.76. The molecule has 1 saturated carbocycles. The number of aryl methyl sites for hydroxylation is 2. The van der Waals surface area contributed by atoms with Crippen molar-refractivity contribution in [3.8, 4) is 0 Å². The predicted molar refractivity (Wildman–Crippen MR) is 76.3 cm³/mol. The molecule has 21 heavy (non-hydrogen) atoms. The van der Waals surface area contributed by atoms with Crippen molar-refractivity contribution < 1.29 is 18.0 Å². The van der Waals surface area contributed by atoms with E-state index in [9.17, 15) is 13.5 Å².